The summed E-state index contributed by atoms with van der Waals surface area (Å²) in [7, 11) is -3.87. The largest absolute Gasteiger partial charge is 0.350 e. The van der Waals surface area contributed by atoms with E-state index in [-0.39, 0.29) is 22.1 Å². The first-order valence-electron chi connectivity index (χ1n) is 7.17. The SMILES string of the molecule is O=S(=O)(c1cccc(Cl)c1F)N1CCC(C2OCCO2)CC1. The van der Waals surface area contributed by atoms with E-state index < -0.39 is 15.8 Å². The number of piperidine rings is 1. The summed E-state index contributed by atoms with van der Waals surface area (Å²) in [5.74, 6) is -0.716. The minimum atomic E-state index is -3.87. The molecule has 1 aromatic rings. The predicted molar refractivity (Wildman–Crippen MR) is 78.6 cm³/mol. The topological polar surface area (TPSA) is 55.8 Å². The summed E-state index contributed by atoms with van der Waals surface area (Å²) < 4.78 is 51.3. The van der Waals surface area contributed by atoms with Crippen LogP contribution in [-0.2, 0) is 19.5 Å². The minimum absolute atomic E-state index is 0.179. The van der Waals surface area contributed by atoms with Gasteiger partial charge in [0.25, 0.3) is 0 Å². The highest BCUT2D eigenvalue weighted by Crippen LogP contribution is 2.30. The number of hydrogen-bond donors (Lipinski definition) is 0. The normalized spacial score (nSPS) is 22.3. The quantitative estimate of drug-likeness (QED) is 0.840. The highest BCUT2D eigenvalue weighted by atomic mass is 35.5. The fraction of sp³-hybridized carbons (Fsp3) is 0.571. The van der Waals surface area contributed by atoms with Gasteiger partial charge in [-0.25, -0.2) is 12.8 Å². The van der Waals surface area contributed by atoms with E-state index in [9.17, 15) is 12.8 Å². The maximum atomic E-state index is 14.0. The molecule has 2 aliphatic rings. The average molecular weight is 350 g/mol. The van der Waals surface area contributed by atoms with Crippen molar-refractivity contribution in [3.05, 3.63) is 29.0 Å². The molecule has 0 spiro atoms. The molecule has 0 N–H and O–H groups in total. The molecule has 8 heteroatoms. The number of halogens is 2. The number of nitrogens with zero attached hydrogens (tertiary/aromatic N) is 1. The van der Waals surface area contributed by atoms with Crippen molar-refractivity contribution in [2.75, 3.05) is 26.3 Å². The number of sulfonamides is 1. The molecule has 0 atom stereocenters. The molecule has 0 bridgehead atoms. The minimum Gasteiger partial charge on any atom is -0.350 e. The molecule has 1 aromatic carbocycles. The monoisotopic (exact) mass is 349 g/mol. The van der Waals surface area contributed by atoms with Gasteiger partial charge in [-0.15, -0.1) is 0 Å². The molecule has 0 aromatic heterocycles. The fourth-order valence-electron chi connectivity index (χ4n) is 2.86. The maximum Gasteiger partial charge on any atom is 0.246 e. The van der Waals surface area contributed by atoms with Gasteiger partial charge in [-0.2, -0.15) is 4.31 Å². The molecule has 0 unspecified atom stereocenters. The van der Waals surface area contributed by atoms with Gasteiger partial charge in [0.15, 0.2) is 12.1 Å². The first-order valence-corrected chi connectivity index (χ1v) is 8.99. The molecular formula is C14H17ClFNO4S. The zero-order valence-electron chi connectivity index (χ0n) is 11.9. The number of ether oxygens (including phenoxy) is 2. The second-order valence-corrected chi connectivity index (χ2v) is 7.72. The standard InChI is InChI=1S/C14H17ClFNO4S/c15-11-2-1-3-12(13(11)16)22(18,19)17-6-4-10(5-7-17)14-20-8-9-21-14/h1-3,10,14H,4-9H2. The summed E-state index contributed by atoms with van der Waals surface area (Å²) in [6.07, 6.45) is 1.02. The average Bonchev–Trinajstić information content (AvgIpc) is 3.04. The van der Waals surface area contributed by atoms with Crippen LogP contribution in [0.2, 0.25) is 5.02 Å². The van der Waals surface area contributed by atoms with Crippen LogP contribution in [0.15, 0.2) is 23.1 Å². The Balaban J connectivity index is 1.73. The van der Waals surface area contributed by atoms with Gasteiger partial charge in [-0.05, 0) is 25.0 Å². The third kappa shape index (κ3) is 3.00. The van der Waals surface area contributed by atoms with Crippen LogP contribution in [0, 0.1) is 11.7 Å². The van der Waals surface area contributed by atoms with E-state index in [0.29, 0.717) is 39.1 Å². The van der Waals surface area contributed by atoms with Crippen LogP contribution in [0.5, 0.6) is 0 Å². The summed E-state index contributed by atoms with van der Waals surface area (Å²) in [6.45, 7) is 1.80. The lowest BCUT2D eigenvalue weighted by atomic mass is 9.98. The molecule has 5 nitrogen and oxygen atoms in total. The van der Waals surface area contributed by atoms with Crippen LogP contribution in [0.25, 0.3) is 0 Å². The lowest BCUT2D eigenvalue weighted by Crippen LogP contribution is -2.41. The number of benzene rings is 1. The first kappa shape index (κ1) is 16.1. The molecule has 2 heterocycles. The van der Waals surface area contributed by atoms with Gasteiger partial charge >= 0.3 is 0 Å². The molecular weight excluding hydrogens is 333 g/mol. The summed E-state index contributed by atoms with van der Waals surface area (Å²) in [6, 6.07) is 4.01. The van der Waals surface area contributed by atoms with Crippen LogP contribution in [0.4, 0.5) is 4.39 Å². The van der Waals surface area contributed by atoms with Gasteiger partial charge in [-0.3, -0.25) is 0 Å². The van der Waals surface area contributed by atoms with E-state index in [1.165, 1.54) is 22.5 Å². The lowest BCUT2D eigenvalue weighted by molar-refractivity contribution is -0.0938. The second kappa shape index (κ2) is 6.41. The summed E-state index contributed by atoms with van der Waals surface area (Å²) >= 11 is 5.68. The van der Waals surface area contributed by atoms with Crippen molar-refractivity contribution < 1.29 is 22.3 Å². The van der Waals surface area contributed by atoms with E-state index in [0.717, 1.165) is 0 Å². The lowest BCUT2D eigenvalue weighted by Gasteiger charge is -2.33. The Morgan fingerprint density at radius 3 is 2.45 bits per heavy atom. The van der Waals surface area contributed by atoms with Crippen molar-refractivity contribution in [3.63, 3.8) is 0 Å². The maximum absolute atomic E-state index is 14.0. The highest BCUT2D eigenvalue weighted by molar-refractivity contribution is 7.89. The smallest absolute Gasteiger partial charge is 0.246 e. The Labute approximate surface area is 134 Å². The number of hydrogen-bond acceptors (Lipinski definition) is 4. The fourth-order valence-corrected chi connectivity index (χ4v) is 4.65. The molecule has 2 fully saturated rings. The Morgan fingerprint density at radius 1 is 1.18 bits per heavy atom. The van der Waals surface area contributed by atoms with Crippen LogP contribution >= 0.6 is 11.6 Å². The zero-order chi connectivity index (χ0) is 15.7. The molecule has 22 heavy (non-hydrogen) atoms. The number of rotatable bonds is 3. The van der Waals surface area contributed by atoms with Crippen molar-refractivity contribution in [3.8, 4) is 0 Å². The third-order valence-corrected chi connectivity index (χ3v) is 6.27. The van der Waals surface area contributed by atoms with Crippen molar-refractivity contribution >= 4 is 21.6 Å². The molecule has 0 amide bonds. The third-order valence-electron chi connectivity index (χ3n) is 4.07. The van der Waals surface area contributed by atoms with Gasteiger partial charge in [0.2, 0.25) is 10.0 Å². The molecule has 2 aliphatic heterocycles. The Hall–Kier alpha value is -0.730. The van der Waals surface area contributed by atoms with Crippen molar-refractivity contribution in [2.24, 2.45) is 5.92 Å². The van der Waals surface area contributed by atoms with E-state index in [2.05, 4.69) is 0 Å². The van der Waals surface area contributed by atoms with Gasteiger partial charge in [0, 0.05) is 19.0 Å². The Morgan fingerprint density at radius 2 is 1.82 bits per heavy atom. The second-order valence-electron chi connectivity index (χ2n) is 5.40. The zero-order valence-corrected chi connectivity index (χ0v) is 13.4. The van der Waals surface area contributed by atoms with E-state index in [1.807, 2.05) is 0 Å². The molecule has 0 aliphatic carbocycles. The molecule has 122 valence electrons. The Kier molecular flexibility index (Phi) is 4.70. The summed E-state index contributed by atoms with van der Waals surface area (Å²) in [4.78, 5) is -0.369. The van der Waals surface area contributed by atoms with E-state index in [4.69, 9.17) is 21.1 Å². The summed E-state index contributed by atoms with van der Waals surface area (Å²) in [5, 5.41) is -0.191. The molecule has 2 saturated heterocycles. The van der Waals surface area contributed by atoms with Crippen LogP contribution in [0.1, 0.15) is 12.8 Å². The Bertz CT molecular complexity index is 640. The van der Waals surface area contributed by atoms with Gasteiger partial charge < -0.3 is 9.47 Å². The van der Waals surface area contributed by atoms with Crippen LogP contribution in [-0.4, -0.2) is 45.3 Å². The highest BCUT2D eigenvalue weighted by Gasteiger charge is 2.36. The van der Waals surface area contributed by atoms with Gasteiger partial charge in [0.05, 0.1) is 18.2 Å². The summed E-state index contributed by atoms with van der Waals surface area (Å²) in [5.41, 5.74) is 0. The molecule has 0 saturated carbocycles. The van der Waals surface area contributed by atoms with Gasteiger partial charge in [-0.1, -0.05) is 17.7 Å². The van der Waals surface area contributed by atoms with E-state index in [1.54, 1.807) is 0 Å². The van der Waals surface area contributed by atoms with Crippen molar-refractivity contribution in [1.82, 2.24) is 4.31 Å². The van der Waals surface area contributed by atoms with Crippen LogP contribution < -0.4 is 0 Å². The predicted octanol–water partition coefficient (Wildman–Crippen LogP) is 2.25. The van der Waals surface area contributed by atoms with Crippen LogP contribution in [0.3, 0.4) is 0 Å². The molecule has 3 rings (SSSR count). The van der Waals surface area contributed by atoms with Crippen molar-refractivity contribution in [2.45, 2.75) is 24.0 Å². The molecule has 0 radical (unpaired) electrons. The van der Waals surface area contributed by atoms with E-state index >= 15 is 0 Å². The van der Waals surface area contributed by atoms with Crippen molar-refractivity contribution in [1.29, 1.82) is 0 Å². The first-order chi connectivity index (χ1) is 10.5. The van der Waals surface area contributed by atoms with Gasteiger partial charge in [0.1, 0.15) is 4.90 Å².